The Labute approximate surface area is 143 Å². The van der Waals surface area contributed by atoms with Crippen molar-refractivity contribution in [2.45, 2.75) is 65.1 Å². The highest BCUT2D eigenvalue weighted by atomic mass is 16.3. The number of aliphatic hydroxyl groups is 1. The highest BCUT2D eigenvalue weighted by Crippen LogP contribution is 2.27. The summed E-state index contributed by atoms with van der Waals surface area (Å²) in [6.45, 7) is 8.33. The summed E-state index contributed by atoms with van der Waals surface area (Å²) >= 11 is 0. The number of carbonyl (C=O) groups is 1. The fourth-order valence-corrected chi connectivity index (χ4v) is 2.73. The Bertz CT molecular complexity index is 578. The highest BCUT2D eigenvalue weighted by molar-refractivity contribution is 5.97. The molecule has 5 N–H and O–H groups in total. The Morgan fingerprint density at radius 3 is 2.67 bits per heavy atom. The van der Waals surface area contributed by atoms with Crippen LogP contribution in [0.4, 0.5) is 11.8 Å². The van der Waals surface area contributed by atoms with Gasteiger partial charge in [0.2, 0.25) is 5.95 Å². The molecule has 1 unspecified atom stereocenters. The third-order valence-electron chi connectivity index (χ3n) is 4.91. The molecular weight excluding hydrogens is 306 g/mol. The van der Waals surface area contributed by atoms with E-state index in [1.165, 1.54) is 6.20 Å². The summed E-state index contributed by atoms with van der Waals surface area (Å²) in [5.41, 5.74) is 5.71. The van der Waals surface area contributed by atoms with Gasteiger partial charge in [0.25, 0.3) is 5.91 Å². The number of anilines is 2. The topological polar surface area (TPSA) is 113 Å². The van der Waals surface area contributed by atoms with Crippen LogP contribution >= 0.6 is 0 Å². The zero-order valence-corrected chi connectivity index (χ0v) is 14.9. The molecular formula is C17H29N5O2. The van der Waals surface area contributed by atoms with Gasteiger partial charge in [0.15, 0.2) is 0 Å². The van der Waals surface area contributed by atoms with Crippen LogP contribution < -0.4 is 16.4 Å². The van der Waals surface area contributed by atoms with Gasteiger partial charge in [-0.25, -0.2) is 4.98 Å². The maximum absolute atomic E-state index is 11.7. The van der Waals surface area contributed by atoms with Crippen LogP contribution in [0.3, 0.4) is 0 Å². The molecule has 4 atom stereocenters. The van der Waals surface area contributed by atoms with Gasteiger partial charge in [0.1, 0.15) is 5.82 Å². The van der Waals surface area contributed by atoms with E-state index in [4.69, 9.17) is 5.73 Å². The lowest BCUT2D eigenvalue weighted by Crippen LogP contribution is -2.35. The number of hydrogen-bond acceptors (Lipinski definition) is 6. The van der Waals surface area contributed by atoms with E-state index in [2.05, 4.69) is 48.3 Å². The van der Waals surface area contributed by atoms with Crippen LogP contribution in [0.1, 0.15) is 57.3 Å². The van der Waals surface area contributed by atoms with Gasteiger partial charge in [0, 0.05) is 18.3 Å². The van der Waals surface area contributed by atoms with E-state index < -0.39 is 5.91 Å². The number of nitrogens with two attached hydrogens (primary N) is 1. The van der Waals surface area contributed by atoms with E-state index in [1.807, 2.05) is 0 Å². The van der Waals surface area contributed by atoms with Gasteiger partial charge in [-0.05, 0) is 38.0 Å². The predicted octanol–water partition coefficient (Wildman–Crippen LogP) is 1.99. The number of nitrogens with zero attached hydrogens (tertiary/aromatic N) is 2. The smallest absolute Gasteiger partial charge is 0.254 e. The lowest BCUT2D eigenvalue weighted by molar-refractivity contribution is 0.0739. The average Bonchev–Trinajstić information content (AvgIpc) is 2.50. The Morgan fingerprint density at radius 1 is 1.38 bits per heavy atom. The van der Waals surface area contributed by atoms with Gasteiger partial charge in [-0.1, -0.05) is 20.8 Å². The number of hydrogen-bond donors (Lipinski definition) is 4. The molecule has 1 amide bonds. The van der Waals surface area contributed by atoms with Crippen LogP contribution in [0.2, 0.25) is 0 Å². The fourth-order valence-electron chi connectivity index (χ4n) is 2.73. The zero-order chi connectivity index (χ0) is 17.9. The molecule has 7 nitrogen and oxygen atoms in total. The third-order valence-corrected chi connectivity index (χ3v) is 4.91. The van der Waals surface area contributed by atoms with Crippen molar-refractivity contribution in [2.75, 3.05) is 10.6 Å². The summed E-state index contributed by atoms with van der Waals surface area (Å²) in [7, 11) is 0. The molecule has 1 aromatic heterocycles. The second kappa shape index (κ2) is 7.79. The van der Waals surface area contributed by atoms with Crippen molar-refractivity contribution in [3.05, 3.63) is 11.8 Å². The quantitative estimate of drug-likeness (QED) is 0.632. The van der Waals surface area contributed by atoms with E-state index in [9.17, 15) is 9.90 Å². The van der Waals surface area contributed by atoms with Gasteiger partial charge in [-0.2, -0.15) is 4.98 Å². The molecule has 134 valence electrons. The third kappa shape index (κ3) is 4.56. The fraction of sp³-hybridized carbons (Fsp3) is 0.706. The van der Waals surface area contributed by atoms with Gasteiger partial charge in [-0.15, -0.1) is 0 Å². The molecule has 0 radical (unpaired) electrons. The molecule has 1 aromatic rings. The minimum atomic E-state index is -0.564. The van der Waals surface area contributed by atoms with Gasteiger partial charge in [0.05, 0.1) is 11.7 Å². The first kappa shape index (κ1) is 18.4. The van der Waals surface area contributed by atoms with Crippen molar-refractivity contribution >= 4 is 17.7 Å². The normalized spacial score (nSPS) is 25.3. The molecule has 0 spiro atoms. The summed E-state index contributed by atoms with van der Waals surface area (Å²) in [4.78, 5) is 20.3. The van der Waals surface area contributed by atoms with Gasteiger partial charge >= 0.3 is 0 Å². The van der Waals surface area contributed by atoms with Crippen molar-refractivity contribution in [3.63, 3.8) is 0 Å². The van der Waals surface area contributed by atoms with E-state index >= 15 is 0 Å². The van der Waals surface area contributed by atoms with Crippen LogP contribution in [0, 0.1) is 11.8 Å². The Hall–Kier alpha value is -1.89. The highest BCUT2D eigenvalue weighted by Gasteiger charge is 2.27. The van der Waals surface area contributed by atoms with Crippen LogP contribution in [0.15, 0.2) is 6.20 Å². The first-order valence-corrected chi connectivity index (χ1v) is 8.66. The van der Waals surface area contributed by atoms with Crippen molar-refractivity contribution in [1.29, 1.82) is 0 Å². The largest absolute Gasteiger partial charge is 0.393 e. The number of carbonyl (C=O) groups excluding carboxylic acids is 1. The molecule has 1 aliphatic carbocycles. The summed E-state index contributed by atoms with van der Waals surface area (Å²) < 4.78 is 0. The second-order valence-corrected chi connectivity index (χ2v) is 7.20. The molecule has 0 bridgehead atoms. The van der Waals surface area contributed by atoms with E-state index in [1.54, 1.807) is 0 Å². The number of primary amides is 1. The van der Waals surface area contributed by atoms with Crippen molar-refractivity contribution in [1.82, 2.24) is 9.97 Å². The van der Waals surface area contributed by atoms with Gasteiger partial charge < -0.3 is 21.5 Å². The van der Waals surface area contributed by atoms with Gasteiger partial charge in [-0.3, -0.25) is 4.79 Å². The molecule has 1 heterocycles. The Morgan fingerprint density at radius 2 is 2.08 bits per heavy atom. The average molecular weight is 335 g/mol. The first-order chi connectivity index (χ1) is 11.3. The molecule has 0 aromatic carbocycles. The minimum absolute atomic E-state index is 0.0690. The monoisotopic (exact) mass is 335 g/mol. The maximum atomic E-state index is 11.7. The SMILES string of the molecule is CC(C)[C@@H](C)Nc1ncc(C(N)=O)c(NC2CC[C@@H](C)[C@H](O)C2)n1. The van der Waals surface area contributed by atoms with E-state index in [0.29, 0.717) is 30.0 Å². The molecule has 2 rings (SSSR count). The first-order valence-electron chi connectivity index (χ1n) is 8.66. The van der Waals surface area contributed by atoms with Crippen LogP contribution in [0.5, 0.6) is 0 Å². The molecule has 0 aliphatic heterocycles. The molecule has 1 fully saturated rings. The zero-order valence-electron chi connectivity index (χ0n) is 14.9. The number of nitrogens with one attached hydrogen (secondary N) is 2. The molecule has 1 saturated carbocycles. The lowest BCUT2D eigenvalue weighted by atomic mass is 9.85. The summed E-state index contributed by atoms with van der Waals surface area (Å²) in [6, 6.07) is 0.272. The number of amides is 1. The van der Waals surface area contributed by atoms with Crippen molar-refractivity contribution in [3.8, 4) is 0 Å². The van der Waals surface area contributed by atoms with Crippen LogP contribution in [-0.4, -0.2) is 39.2 Å². The molecule has 24 heavy (non-hydrogen) atoms. The number of rotatable bonds is 6. The molecule has 1 aliphatic rings. The second-order valence-electron chi connectivity index (χ2n) is 7.20. The Balaban J connectivity index is 2.17. The molecule has 7 heteroatoms. The van der Waals surface area contributed by atoms with Crippen molar-refractivity contribution < 1.29 is 9.90 Å². The predicted molar refractivity (Wildman–Crippen MR) is 94.9 cm³/mol. The maximum Gasteiger partial charge on any atom is 0.254 e. The number of aromatic nitrogens is 2. The number of aliphatic hydroxyl groups excluding tert-OH is 1. The minimum Gasteiger partial charge on any atom is -0.393 e. The summed E-state index contributed by atoms with van der Waals surface area (Å²) in [5.74, 6) is 1.06. The van der Waals surface area contributed by atoms with Crippen LogP contribution in [0.25, 0.3) is 0 Å². The van der Waals surface area contributed by atoms with E-state index in [-0.39, 0.29) is 23.8 Å². The van der Waals surface area contributed by atoms with Crippen molar-refractivity contribution in [2.24, 2.45) is 17.6 Å². The van der Waals surface area contributed by atoms with Crippen LogP contribution in [-0.2, 0) is 0 Å². The summed E-state index contributed by atoms with van der Waals surface area (Å²) in [5, 5.41) is 16.6. The molecule has 0 saturated heterocycles. The summed E-state index contributed by atoms with van der Waals surface area (Å²) in [6.07, 6.45) is 3.61. The lowest BCUT2D eigenvalue weighted by Gasteiger charge is -2.32. The standard InChI is InChI=1S/C17H29N5O2/c1-9(2)11(4)20-17-19-8-13(15(18)24)16(22-17)21-12-6-5-10(3)14(23)7-12/h8-12,14,23H,5-7H2,1-4H3,(H2,18,24)(H2,19,20,21,22)/t10-,11-,12?,14-/m1/s1. The van der Waals surface area contributed by atoms with E-state index in [0.717, 1.165) is 12.8 Å². The Kier molecular flexibility index (Phi) is 5.99.